The smallest absolute Gasteiger partial charge is 0.350 e. The number of hydrogen-bond donors (Lipinski definition) is 1. The monoisotopic (exact) mass is 404 g/mol. The van der Waals surface area contributed by atoms with Gasteiger partial charge in [0, 0.05) is 5.56 Å². The third kappa shape index (κ3) is 3.78. The fourth-order valence-electron chi connectivity index (χ4n) is 2.77. The number of anilines is 1. The Hall–Kier alpha value is -3.78. The molecule has 144 valence electrons. The lowest BCUT2D eigenvalue weighted by Crippen LogP contribution is -2.16. The third-order valence-corrected chi connectivity index (χ3v) is 5.02. The van der Waals surface area contributed by atoms with Gasteiger partial charge in [-0.1, -0.05) is 48.5 Å². The Balaban J connectivity index is 1.72. The Morgan fingerprint density at radius 1 is 1.00 bits per heavy atom. The van der Waals surface area contributed by atoms with Crippen LogP contribution in [0.2, 0.25) is 0 Å². The maximum Gasteiger partial charge on any atom is 0.350 e. The van der Waals surface area contributed by atoms with Crippen molar-refractivity contribution in [1.82, 2.24) is 14.8 Å². The normalized spacial score (nSPS) is 10.5. The topological polar surface area (TPSA) is 86.1 Å². The van der Waals surface area contributed by atoms with Gasteiger partial charge in [-0.05, 0) is 23.6 Å². The van der Waals surface area contributed by atoms with E-state index in [0.29, 0.717) is 16.4 Å². The molecule has 0 aliphatic rings. The fourth-order valence-corrected chi connectivity index (χ4v) is 3.53. The van der Waals surface area contributed by atoms with Crippen molar-refractivity contribution in [3.8, 4) is 17.1 Å². The average molecular weight is 404 g/mol. The van der Waals surface area contributed by atoms with Crippen LogP contribution in [0.1, 0.15) is 20.3 Å². The summed E-state index contributed by atoms with van der Waals surface area (Å²) in [6.45, 7) is 0. The Morgan fingerprint density at radius 2 is 1.69 bits per heavy atom. The number of esters is 1. The molecular formula is C21H16N4O3S. The highest BCUT2D eigenvalue weighted by molar-refractivity contribution is 7.12. The molecule has 0 saturated carbocycles. The molecule has 0 fully saturated rings. The first kappa shape index (κ1) is 18.6. The molecule has 0 aliphatic heterocycles. The maximum absolute atomic E-state index is 12.8. The highest BCUT2D eigenvalue weighted by atomic mass is 32.1. The second-order valence-corrected chi connectivity index (χ2v) is 6.90. The first-order chi connectivity index (χ1) is 14.2. The molecule has 29 heavy (non-hydrogen) atoms. The van der Waals surface area contributed by atoms with E-state index in [0.717, 1.165) is 11.3 Å². The highest BCUT2D eigenvalue weighted by Gasteiger charge is 2.21. The number of amides is 1. The van der Waals surface area contributed by atoms with Gasteiger partial charge in [-0.15, -0.1) is 16.4 Å². The van der Waals surface area contributed by atoms with Crippen molar-refractivity contribution in [2.75, 3.05) is 12.4 Å². The van der Waals surface area contributed by atoms with Crippen molar-refractivity contribution in [2.45, 2.75) is 0 Å². The molecule has 0 aliphatic carbocycles. The second-order valence-electron chi connectivity index (χ2n) is 5.98. The van der Waals surface area contributed by atoms with E-state index in [1.165, 1.54) is 18.4 Å². The molecule has 0 unspecified atom stereocenters. The van der Waals surface area contributed by atoms with Crippen molar-refractivity contribution < 1.29 is 14.3 Å². The summed E-state index contributed by atoms with van der Waals surface area (Å²) < 4.78 is 6.37. The number of methoxy groups -OCH3 is 1. The van der Waals surface area contributed by atoms with Gasteiger partial charge in [-0.25, -0.2) is 14.5 Å². The SMILES string of the molecule is COC(=O)c1sccc1NC(=O)c1nc(-c2ccccc2)n(-c2ccccc2)n1. The molecule has 4 rings (SSSR count). The van der Waals surface area contributed by atoms with Crippen molar-refractivity contribution in [2.24, 2.45) is 0 Å². The van der Waals surface area contributed by atoms with Gasteiger partial charge in [-0.2, -0.15) is 0 Å². The van der Waals surface area contributed by atoms with Crippen molar-refractivity contribution in [1.29, 1.82) is 0 Å². The van der Waals surface area contributed by atoms with Gasteiger partial charge >= 0.3 is 5.97 Å². The van der Waals surface area contributed by atoms with E-state index in [9.17, 15) is 9.59 Å². The number of ether oxygens (including phenoxy) is 1. The Labute approximate surface area is 170 Å². The minimum Gasteiger partial charge on any atom is -0.465 e. The Morgan fingerprint density at radius 3 is 2.38 bits per heavy atom. The van der Waals surface area contributed by atoms with Crippen LogP contribution in [0.25, 0.3) is 17.1 Å². The summed E-state index contributed by atoms with van der Waals surface area (Å²) >= 11 is 1.19. The molecule has 1 N–H and O–H groups in total. The molecule has 4 aromatic rings. The zero-order valence-electron chi connectivity index (χ0n) is 15.4. The molecule has 7 nitrogen and oxygen atoms in total. The van der Waals surface area contributed by atoms with Gasteiger partial charge in [0.05, 0.1) is 18.5 Å². The Bertz CT molecular complexity index is 1100. The summed E-state index contributed by atoms with van der Waals surface area (Å²) in [5, 5.41) is 8.81. The number of nitrogens with one attached hydrogen (secondary N) is 1. The lowest BCUT2D eigenvalue weighted by atomic mass is 10.2. The van der Waals surface area contributed by atoms with Gasteiger partial charge in [-0.3, -0.25) is 4.79 Å². The predicted molar refractivity (Wildman–Crippen MR) is 110 cm³/mol. The van der Waals surface area contributed by atoms with Crippen LogP contribution < -0.4 is 5.32 Å². The number of thiophene rings is 1. The summed E-state index contributed by atoms with van der Waals surface area (Å²) in [6.07, 6.45) is 0. The first-order valence-corrected chi connectivity index (χ1v) is 9.60. The maximum atomic E-state index is 12.8. The van der Waals surface area contributed by atoms with Gasteiger partial charge in [0.25, 0.3) is 5.91 Å². The summed E-state index contributed by atoms with van der Waals surface area (Å²) in [5.41, 5.74) is 1.97. The molecule has 1 amide bonds. The highest BCUT2D eigenvalue weighted by Crippen LogP contribution is 2.25. The molecule has 2 heterocycles. The van der Waals surface area contributed by atoms with Crippen LogP contribution >= 0.6 is 11.3 Å². The second kappa shape index (κ2) is 8.07. The van der Waals surface area contributed by atoms with Crippen molar-refractivity contribution in [3.05, 3.63) is 82.8 Å². The van der Waals surface area contributed by atoms with E-state index in [-0.39, 0.29) is 5.82 Å². The zero-order valence-corrected chi connectivity index (χ0v) is 16.2. The number of carbonyl (C=O) groups is 2. The van der Waals surface area contributed by atoms with E-state index in [4.69, 9.17) is 4.74 Å². The lowest BCUT2D eigenvalue weighted by Gasteiger charge is -2.05. The number of aromatic nitrogens is 3. The van der Waals surface area contributed by atoms with Gasteiger partial charge in [0.2, 0.25) is 5.82 Å². The Kier molecular flexibility index (Phi) is 5.17. The third-order valence-electron chi connectivity index (χ3n) is 4.13. The summed E-state index contributed by atoms with van der Waals surface area (Å²) in [6, 6.07) is 20.6. The molecular weight excluding hydrogens is 388 g/mol. The number of hydrogen-bond acceptors (Lipinski definition) is 6. The molecule has 2 aromatic carbocycles. The molecule has 0 bridgehead atoms. The molecule has 0 saturated heterocycles. The number of para-hydroxylation sites is 1. The number of benzene rings is 2. The molecule has 0 atom stereocenters. The van der Waals surface area contributed by atoms with Crippen LogP contribution in [0.4, 0.5) is 5.69 Å². The number of nitrogens with zero attached hydrogens (tertiary/aromatic N) is 3. The van der Waals surface area contributed by atoms with Crippen LogP contribution in [0.15, 0.2) is 72.1 Å². The van der Waals surface area contributed by atoms with Crippen LogP contribution in [0, 0.1) is 0 Å². The van der Waals surface area contributed by atoms with E-state index in [1.54, 1.807) is 16.1 Å². The molecule has 8 heteroatoms. The predicted octanol–water partition coefficient (Wildman–Crippen LogP) is 4.03. The van der Waals surface area contributed by atoms with Gasteiger partial charge in [0.15, 0.2) is 5.82 Å². The largest absolute Gasteiger partial charge is 0.465 e. The average Bonchev–Trinajstić information content (AvgIpc) is 3.42. The number of rotatable bonds is 5. The standard InChI is InChI=1S/C21H16N4O3S/c1-28-21(27)17-16(12-13-29-17)22-20(26)18-23-19(14-8-4-2-5-9-14)25(24-18)15-10-6-3-7-11-15/h2-13H,1H3,(H,22,26). The van der Waals surface area contributed by atoms with Crippen LogP contribution in [-0.4, -0.2) is 33.8 Å². The van der Waals surface area contributed by atoms with Crippen molar-refractivity contribution in [3.63, 3.8) is 0 Å². The molecule has 0 radical (unpaired) electrons. The first-order valence-electron chi connectivity index (χ1n) is 8.72. The molecule has 2 aromatic heterocycles. The van der Waals surface area contributed by atoms with Crippen LogP contribution in [0.5, 0.6) is 0 Å². The zero-order chi connectivity index (χ0) is 20.2. The van der Waals surface area contributed by atoms with E-state index >= 15 is 0 Å². The minimum absolute atomic E-state index is 0.00489. The summed E-state index contributed by atoms with van der Waals surface area (Å²) in [4.78, 5) is 29.4. The quantitative estimate of drug-likeness (QED) is 0.508. The molecule has 0 spiro atoms. The van der Waals surface area contributed by atoms with E-state index < -0.39 is 11.9 Å². The minimum atomic E-state index is -0.514. The van der Waals surface area contributed by atoms with Crippen LogP contribution in [-0.2, 0) is 4.74 Å². The van der Waals surface area contributed by atoms with Crippen molar-refractivity contribution >= 4 is 28.9 Å². The summed E-state index contributed by atoms with van der Waals surface area (Å²) in [7, 11) is 1.29. The van der Waals surface area contributed by atoms with E-state index in [1.807, 2.05) is 60.7 Å². The van der Waals surface area contributed by atoms with Gasteiger partial charge < -0.3 is 10.1 Å². The lowest BCUT2D eigenvalue weighted by molar-refractivity contribution is 0.0607. The fraction of sp³-hybridized carbons (Fsp3) is 0.0476. The summed E-state index contributed by atoms with van der Waals surface area (Å²) in [5.74, 6) is -0.487. The number of carbonyl (C=O) groups excluding carboxylic acids is 2. The van der Waals surface area contributed by atoms with E-state index in [2.05, 4.69) is 15.4 Å². The van der Waals surface area contributed by atoms with Crippen LogP contribution in [0.3, 0.4) is 0 Å². The van der Waals surface area contributed by atoms with Gasteiger partial charge in [0.1, 0.15) is 4.88 Å².